The maximum Gasteiger partial charge on any atom is 0.0608 e. The van der Waals surface area contributed by atoms with Crippen LogP contribution in [0.2, 0.25) is 0 Å². The molecule has 0 aliphatic carbocycles. The molecule has 0 radical (unpaired) electrons. The lowest BCUT2D eigenvalue weighted by molar-refractivity contribution is 0.582. The quantitative estimate of drug-likeness (QED) is 0.542. The number of nitrogens with zero attached hydrogens (tertiary/aromatic N) is 3. The van der Waals surface area contributed by atoms with Gasteiger partial charge >= 0.3 is 0 Å². The normalized spacial score (nSPS) is 12.7. The first-order chi connectivity index (χ1) is 5.47. The summed E-state index contributed by atoms with van der Waals surface area (Å²) in [6, 6.07) is 5.85. The molecule has 0 amide bonds. The highest BCUT2D eigenvalue weighted by molar-refractivity contribution is 5.20. The summed E-state index contributed by atoms with van der Waals surface area (Å²) in [7, 11) is 0. The molecular formula is C8H9N3. The first-order valence-corrected chi connectivity index (χ1v) is 3.57. The molecule has 0 fully saturated rings. The highest BCUT2D eigenvalue weighted by Crippen LogP contribution is 1.95. The number of fused-ring (bicyclic) bond motifs is 1. The molecule has 1 aromatic rings. The second-order valence-electron chi connectivity index (χ2n) is 2.32. The lowest BCUT2D eigenvalue weighted by Crippen LogP contribution is -2.05. The van der Waals surface area contributed by atoms with Gasteiger partial charge in [0.1, 0.15) is 0 Å². The number of hydrogen-bond donors (Lipinski definition) is 0. The molecule has 0 N–H and O–H groups in total. The van der Waals surface area contributed by atoms with Gasteiger partial charge in [0, 0.05) is 18.6 Å². The van der Waals surface area contributed by atoms with Gasteiger partial charge in [-0.3, -0.25) is 4.68 Å². The summed E-state index contributed by atoms with van der Waals surface area (Å²) in [5, 5.41) is 4.15. The van der Waals surface area contributed by atoms with Gasteiger partial charge in [0.2, 0.25) is 0 Å². The molecule has 0 spiro atoms. The monoisotopic (exact) mass is 147 g/mol. The fourth-order valence-corrected chi connectivity index (χ4v) is 1.02. The average Bonchev–Trinajstić information content (AvgIpc) is 2.35. The molecule has 3 heteroatoms. The van der Waals surface area contributed by atoms with E-state index in [0.717, 1.165) is 6.54 Å². The molecule has 0 bridgehead atoms. The minimum Gasteiger partial charge on any atom is -0.269 e. The second kappa shape index (κ2) is 2.62. The molecule has 1 aromatic heterocycles. The number of rotatable bonds is 0. The van der Waals surface area contributed by atoms with Gasteiger partial charge in [-0.05, 0) is 18.2 Å². The third-order valence-corrected chi connectivity index (χ3v) is 1.55. The lowest BCUT2D eigenvalue weighted by atomic mass is 10.5. The molecule has 0 aromatic carbocycles. The first kappa shape index (κ1) is 6.22. The molecule has 1 aliphatic heterocycles. The van der Waals surface area contributed by atoms with Gasteiger partial charge in [0.15, 0.2) is 0 Å². The van der Waals surface area contributed by atoms with Crippen molar-refractivity contribution in [1.29, 1.82) is 0 Å². The Bertz CT molecular complexity index is 318. The van der Waals surface area contributed by atoms with E-state index in [9.17, 15) is 0 Å². The maximum absolute atomic E-state index is 4.15. The Hall–Kier alpha value is -1.51. The van der Waals surface area contributed by atoms with Crippen molar-refractivity contribution >= 4 is 6.20 Å². The van der Waals surface area contributed by atoms with Crippen LogP contribution in [0, 0.1) is 0 Å². The van der Waals surface area contributed by atoms with Crippen molar-refractivity contribution in [1.82, 2.24) is 14.6 Å². The highest BCUT2D eigenvalue weighted by atomic mass is 15.5. The van der Waals surface area contributed by atoms with Crippen LogP contribution in [0.1, 0.15) is 0 Å². The molecule has 3 nitrogen and oxygen atoms in total. The van der Waals surface area contributed by atoms with Crippen LogP contribution in [0.5, 0.6) is 0 Å². The van der Waals surface area contributed by atoms with E-state index in [0.29, 0.717) is 0 Å². The second-order valence-corrected chi connectivity index (χ2v) is 2.32. The van der Waals surface area contributed by atoms with Crippen molar-refractivity contribution < 1.29 is 0 Å². The fraction of sp³-hybridized carbons (Fsp3) is 0.125. The maximum atomic E-state index is 4.15. The van der Waals surface area contributed by atoms with Crippen molar-refractivity contribution in [2.45, 2.75) is 6.54 Å². The average molecular weight is 147 g/mol. The van der Waals surface area contributed by atoms with E-state index in [1.807, 2.05) is 35.3 Å². The van der Waals surface area contributed by atoms with E-state index < -0.39 is 0 Å². The highest BCUT2D eigenvalue weighted by Gasteiger charge is 1.93. The number of hydrogen-bond acceptors (Lipinski definition) is 1. The lowest BCUT2D eigenvalue weighted by Gasteiger charge is -2.00. The Balaban J connectivity index is 2.61. The summed E-state index contributed by atoms with van der Waals surface area (Å²) in [4.78, 5) is 1.81. The SMILES string of the molecule is C1=Cn2ncccccn2C1. The zero-order valence-corrected chi connectivity index (χ0v) is 6.09. The van der Waals surface area contributed by atoms with Gasteiger partial charge in [-0.2, -0.15) is 9.90 Å². The van der Waals surface area contributed by atoms with E-state index in [1.54, 1.807) is 11.0 Å². The van der Waals surface area contributed by atoms with Crippen LogP contribution < -0.4 is 0 Å². The van der Waals surface area contributed by atoms with E-state index in [4.69, 9.17) is 0 Å². The third-order valence-electron chi connectivity index (χ3n) is 1.55. The van der Waals surface area contributed by atoms with Crippen molar-refractivity contribution in [3.05, 3.63) is 36.7 Å². The number of allylic oxidation sites excluding steroid dienone is 1. The minimum atomic E-state index is 0.904. The summed E-state index contributed by atoms with van der Waals surface area (Å²) >= 11 is 0. The Morgan fingerprint density at radius 3 is 3.18 bits per heavy atom. The predicted octanol–water partition coefficient (Wildman–Crippen LogP) is 1.29. The van der Waals surface area contributed by atoms with Crippen molar-refractivity contribution in [3.63, 3.8) is 0 Å². The molecule has 0 atom stereocenters. The molecule has 2 heterocycles. The number of aromatic nitrogens is 3. The molecule has 0 saturated heterocycles. The van der Waals surface area contributed by atoms with Crippen LogP contribution in [0.3, 0.4) is 0 Å². The minimum absolute atomic E-state index is 0.904. The Morgan fingerprint density at radius 2 is 2.18 bits per heavy atom. The van der Waals surface area contributed by atoms with Crippen LogP contribution in [-0.4, -0.2) is 14.6 Å². The molecule has 2 rings (SSSR count). The fourth-order valence-electron chi connectivity index (χ4n) is 1.02. The Labute approximate surface area is 64.9 Å². The molecular weight excluding hydrogens is 138 g/mol. The van der Waals surface area contributed by atoms with Crippen LogP contribution in [-0.2, 0) is 6.54 Å². The Morgan fingerprint density at radius 1 is 1.18 bits per heavy atom. The molecule has 11 heavy (non-hydrogen) atoms. The van der Waals surface area contributed by atoms with Crippen LogP contribution in [0.25, 0.3) is 6.20 Å². The van der Waals surface area contributed by atoms with Gasteiger partial charge in [-0.1, -0.05) is 6.07 Å². The van der Waals surface area contributed by atoms with Crippen molar-refractivity contribution in [3.8, 4) is 0 Å². The molecule has 0 saturated carbocycles. The standard InChI is InChI=1S/C8H9N3/c1-2-5-9-11-8-4-7-10(11)6-3-1/h1-6,8H,7H2. The van der Waals surface area contributed by atoms with Gasteiger partial charge in [0.05, 0.1) is 6.54 Å². The smallest absolute Gasteiger partial charge is 0.0608 e. The zero-order chi connectivity index (χ0) is 7.52. The molecule has 0 unspecified atom stereocenters. The summed E-state index contributed by atoms with van der Waals surface area (Å²) in [6.45, 7) is 0.904. The largest absolute Gasteiger partial charge is 0.269 e. The van der Waals surface area contributed by atoms with Crippen LogP contribution in [0.4, 0.5) is 0 Å². The van der Waals surface area contributed by atoms with Crippen LogP contribution >= 0.6 is 0 Å². The predicted molar refractivity (Wildman–Crippen MR) is 43.2 cm³/mol. The van der Waals surface area contributed by atoms with E-state index in [2.05, 4.69) is 11.2 Å². The van der Waals surface area contributed by atoms with E-state index in [1.165, 1.54) is 0 Å². The third kappa shape index (κ3) is 1.17. The van der Waals surface area contributed by atoms with Crippen molar-refractivity contribution in [2.75, 3.05) is 0 Å². The first-order valence-electron chi connectivity index (χ1n) is 3.57. The van der Waals surface area contributed by atoms with Crippen molar-refractivity contribution in [2.24, 2.45) is 0 Å². The zero-order valence-electron chi connectivity index (χ0n) is 6.09. The summed E-state index contributed by atoms with van der Waals surface area (Å²) < 4.78 is 2.01. The molecule has 1 aliphatic rings. The Kier molecular flexibility index (Phi) is 1.48. The summed E-state index contributed by atoms with van der Waals surface area (Å²) in [5.41, 5.74) is 0. The van der Waals surface area contributed by atoms with Gasteiger partial charge in [-0.15, -0.1) is 0 Å². The summed E-state index contributed by atoms with van der Waals surface area (Å²) in [6.07, 6.45) is 7.77. The topological polar surface area (TPSA) is 22.8 Å². The van der Waals surface area contributed by atoms with E-state index in [-0.39, 0.29) is 0 Å². The molecule has 56 valence electrons. The van der Waals surface area contributed by atoms with Crippen LogP contribution in [0.15, 0.2) is 36.7 Å². The van der Waals surface area contributed by atoms with Gasteiger partial charge in [-0.25, -0.2) is 0 Å². The van der Waals surface area contributed by atoms with E-state index >= 15 is 0 Å². The summed E-state index contributed by atoms with van der Waals surface area (Å²) in [5.74, 6) is 0. The van der Waals surface area contributed by atoms with Gasteiger partial charge in [0.25, 0.3) is 0 Å². The van der Waals surface area contributed by atoms with Gasteiger partial charge < -0.3 is 0 Å².